The van der Waals surface area contributed by atoms with E-state index in [1.54, 1.807) is 30.5 Å². The van der Waals surface area contributed by atoms with Gasteiger partial charge in [-0.15, -0.1) is 0 Å². The number of ether oxygens (including phenoxy) is 1. The zero-order valence-electron chi connectivity index (χ0n) is 15.2. The molecule has 1 unspecified atom stereocenters. The van der Waals surface area contributed by atoms with Gasteiger partial charge in [-0.1, -0.05) is 12.1 Å². The SMILES string of the molecule is COc1ccccc1N1CC(C(=O)Nc2cnc(CC3CC3)nc2)CC1=O. The molecule has 2 aliphatic rings. The van der Waals surface area contributed by atoms with Crippen molar-refractivity contribution in [3.63, 3.8) is 0 Å². The second kappa shape index (κ2) is 7.34. The Hall–Kier alpha value is -2.96. The minimum Gasteiger partial charge on any atom is -0.495 e. The maximum Gasteiger partial charge on any atom is 0.229 e. The van der Waals surface area contributed by atoms with Crippen LogP contribution in [0.25, 0.3) is 0 Å². The number of carbonyl (C=O) groups is 2. The fourth-order valence-corrected chi connectivity index (χ4v) is 3.32. The summed E-state index contributed by atoms with van der Waals surface area (Å²) in [6.45, 7) is 0.325. The summed E-state index contributed by atoms with van der Waals surface area (Å²) in [5, 5.41) is 2.83. The van der Waals surface area contributed by atoms with Crippen LogP contribution in [0.3, 0.4) is 0 Å². The van der Waals surface area contributed by atoms with Crippen molar-refractivity contribution in [2.75, 3.05) is 23.9 Å². The minimum atomic E-state index is -0.423. The zero-order valence-corrected chi connectivity index (χ0v) is 15.2. The van der Waals surface area contributed by atoms with Crippen LogP contribution in [0, 0.1) is 11.8 Å². The number of amides is 2. The highest BCUT2D eigenvalue weighted by Gasteiger charge is 2.36. The van der Waals surface area contributed by atoms with Crippen molar-refractivity contribution in [3.8, 4) is 5.75 Å². The van der Waals surface area contributed by atoms with E-state index in [1.165, 1.54) is 12.8 Å². The molecule has 1 N–H and O–H groups in total. The molecule has 1 aromatic carbocycles. The summed E-state index contributed by atoms with van der Waals surface area (Å²) >= 11 is 0. The van der Waals surface area contributed by atoms with Gasteiger partial charge in [0.25, 0.3) is 0 Å². The first kappa shape index (κ1) is 17.5. The number of nitrogens with zero attached hydrogens (tertiary/aromatic N) is 3. The molecule has 2 amide bonds. The number of hydrogen-bond donors (Lipinski definition) is 1. The van der Waals surface area contributed by atoms with E-state index >= 15 is 0 Å². The maximum atomic E-state index is 12.6. The number of anilines is 2. The highest BCUT2D eigenvalue weighted by molar-refractivity contribution is 6.04. The Bertz CT molecular complexity index is 849. The molecule has 7 heteroatoms. The Balaban J connectivity index is 1.40. The molecule has 140 valence electrons. The number of rotatable bonds is 6. The molecule has 7 nitrogen and oxygen atoms in total. The minimum absolute atomic E-state index is 0.0873. The predicted molar refractivity (Wildman–Crippen MR) is 101 cm³/mol. The molecule has 0 radical (unpaired) electrons. The molecule has 1 aliphatic carbocycles. The third-order valence-electron chi connectivity index (χ3n) is 5.01. The van der Waals surface area contributed by atoms with Crippen LogP contribution < -0.4 is 15.0 Å². The Morgan fingerprint density at radius 1 is 1.26 bits per heavy atom. The monoisotopic (exact) mass is 366 g/mol. The number of methoxy groups -OCH3 is 1. The van der Waals surface area contributed by atoms with E-state index < -0.39 is 5.92 Å². The van der Waals surface area contributed by atoms with Crippen molar-refractivity contribution in [1.29, 1.82) is 0 Å². The van der Waals surface area contributed by atoms with Crippen molar-refractivity contribution in [2.24, 2.45) is 11.8 Å². The van der Waals surface area contributed by atoms with Crippen molar-refractivity contribution < 1.29 is 14.3 Å². The van der Waals surface area contributed by atoms with Crippen LogP contribution in [0.2, 0.25) is 0 Å². The van der Waals surface area contributed by atoms with Crippen LogP contribution in [0.1, 0.15) is 25.1 Å². The standard InChI is InChI=1S/C20H22N4O3/c1-27-17-5-3-2-4-16(17)24-12-14(9-19(24)25)20(26)23-15-10-21-18(22-11-15)8-13-6-7-13/h2-5,10-11,13-14H,6-9,12H2,1H3,(H,23,26). The Morgan fingerprint density at radius 3 is 2.70 bits per heavy atom. The molecule has 0 bridgehead atoms. The molecular weight excluding hydrogens is 344 g/mol. The number of carbonyl (C=O) groups excluding carboxylic acids is 2. The Kier molecular flexibility index (Phi) is 4.75. The van der Waals surface area contributed by atoms with Gasteiger partial charge in [-0.2, -0.15) is 0 Å². The van der Waals surface area contributed by atoms with Gasteiger partial charge in [0.05, 0.1) is 36.8 Å². The van der Waals surface area contributed by atoms with Gasteiger partial charge in [-0.3, -0.25) is 9.59 Å². The molecule has 1 aromatic heterocycles. The van der Waals surface area contributed by atoms with E-state index in [0.717, 1.165) is 18.2 Å². The lowest BCUT2D eigenvalue weighted by molar-refractivity contribution is -0.122. The quantitative estimate of drug-likeness (QED) is 0.849. The zero-order chi connectivity index (χ0) is 18.8. The molecule has 27 heavy (non-hydrogen) atoms. The lowest BCUT2D eigenvalue weighted by Gasteiger charge is -2.19. The van der Waals surface area contributed by atoms with Crippen LogP contribution in [0.5, 0.6) is 5.75 Å². The molecule has 4 rings (SSSR count). The first-order valence-corrected chi connectivity index (χ1v) is 9.19. The van der Waals surface area contributed by atoms with Crippen LogP contribution >= 0.6 is 0 Å². The summed E-state index contributed by atoms with van der Waals surface area (Å²) in [7, 11) is 1.57. The van der Waals surface area contributed by atoms with Crippen LogP contribution in [0.4, 0.5) is 11.4 Å². The molecule has 0 spiro atoms. The highest BCUT2D eigenvalue weighted by Crippen LogP contribution is 2.33. The van der Waals surface area contributed by atoms with E-state index in [1.807, 2.05) is 18.2 Å². The van der Waals surface area contributed by atoms with Crippen molar-refractivity contribution in [1.82, 2.24) is 9.97 Å². The largest absolute Gasteiger partial charge is 0.495 e. The van der Waals surface area contributed by atoms with Crippen molar-refractivity contribution >= 4 is 23.2 Å². The number of aromatic nitrogens is 2. The Morgan fingerprint density at radius 2 is 2.00 bits per heavy atom. The molecule has 1 saturated heterocycles. The van der Waals surface area contributed by atoms with Gasteiger partial charge < -0.3 is 15.0 Å². The summed E-state index contributed by atoms with van der Waals surface area (Å²) < 4.78 is 5.33. The lowest BCUT2D eigenvalue weighted by atomic mass is 10.1. The number of para-hydroxylation sites is 2. The number of hydrogen-bond acceptors (Lipinski definition) is 5. The maximum absolute atomic E-state index is 12.6. The van der Waals surface area contributed by atoms with E-state index in [-0.39, 0.29) is 18.2 Å². The molecule has 1 saturated carbocycles. The topological polar surface area (TPSA) is 84.4 Å². The summed E-state index contributed by atoms with van der Waals surface area (Å²) in [5.74, 6) is 1.44. The third-order valence-corrected chi connectivity index (χ3v) is 5.01. The van der Waals surface area contributed by atoms with Crippen molar-refractivity contribution in [3.05, 3.63) is 42.5 Å². The molecule has 2 aromatic rings. The van der Waals surface area contributed by atoms with Crippen LogP contribution in [-0.2, 0) is 16.0 Å². The van der Waals surface area contributed by atoms with Gasteiger partial charge in [-0.05, 0) is 30.9 Å². The lowest BCUT2D eigenvalue weighted by Crippen LogP contribution is -2.28. The van der Waals surface area contributed by atoms with E-state index in [0.29, 0.717) is 23.7 Å². The predicted octanol–water partition coefficient (Wildman–Crippen LogP) is 2.43. The molecular formula is C20H22N4O3. The van der Waals surface area contributed by atoms with E-state index in [9.17, 15) is 9.59 Å². The summed E-state index contributed by atoms with van der Waals surface area (Å²) in [5.41, 5.74) is 1.25. The average molecular weight is 366 g/mol. The van der Waals surface area contributed by atoms with Gasteiger partial charge in [-0.25, -0.2) is 9.97 Å². The first-order valence-electron chi connectivity index (χ1n) is 9.19. The fraction of sp³-hybridized carbons (Fsp3) is 0.400. The van der Waals surface area contributed by atoms with Gasteiger partial charge in [0, 0.05) is 19.4 Å². The summed E-state index contributed by atoms with van der Waals surface area (Å²) in [6.07, 6.45) is 6.85. The van der Waals surface area contributed by atoms with Gasteiger partial charge in [0.15, 0.2) is 0 Å². The second-order valence-corrected chi connectivity index (χ2v) is 7.10. The fourth-order valence-electron chi connectivity index (χ4n) is 3.32. The third kappa shape index (κ3) is 3.92. The first-order chi connectivity index (χ1) is 13.1. The van der Waals surface area contributed by atoms with E-state index in [2.05, 4.69) is 15.3 Å². The summed E-state index contributed by atoms with van der Waals surface area (Å²) in [6, 6.07) is 7.32. The Labute approximate surface area is 157 Å². The van der Waals surface area contributed by atoms with Gasteiger partial charge >= 0.3 is 0 Å². The molecule has 1 aliphatic heterocycles. The second-order valence-electron chi connectivity index (χ2n) is 7.10. The summed E-state index contributed by atoms with van der Waals surface area (Å²) in [4.78, 5) is 35.3. The number of nitrogens with one attached hydrogen (secondary N) is 1. The van der Waals surface area contributed by atoms with Crippen LogP contribution in [0.15, 0.2) is 36.7 Å². The molecule has 1 atom stereocenters. The van der Waals surface area contributed by atoms with Crippen LogP contribution in [-0.4, -0.2) is 35.4 Å². The molecule has 2 fully saturated rings. The highest BCUT2D eigenvalue weighted by atomic mass is 16.5. The van der Waals surface area contributed by atoms with Crippen molar-refractivity contribution in [2.45, 2.75) is 25.7 Å². The van der Waals surface area contributed by atoms with Gasteiger partial charge in [0.1, 0.15) is 11.6 Å². The van der Waals surface area contributed by atoms with E-state index in [4.69, 9.17) is 4.74 Å². The normalized spacial score (nSPS) is 19.2. The molecule has 2 heterocycles. The number of benzene rings is 1. The van der Waals surface area contributed by atoms with Gasteiger partial charge in [0.2, 0.25) is 11.8 Å². The smallest absolute Gasteiger partial charge is 0.229 e. The average Bonchev–Trinajstić information content (AvgIpc) is 3.42.